The largest absolute Gasteiger partial charge is 0.296 e. The zero-order valence-corrected chi connectivity index (χ0v) is 17.4. The molecule has 28 heavy (non-hydrogen) atoms. The summed E-state index contributed by atoms with van der Waals surface area (Å²) in [6, 6.07) is 12.5. The first kappa shape index (κ1) is 17.9. The van der Waals surface area contributed by atoms with E-state index >= 15 is 0 Å². The van der Waals surface area contributed by atoms with Crippen molar-refractivity contribution in [1.29, 1.82) is 0 Å². The number of hydrogen-bond donors (Lipinski definition) is 0. The van der Waals surface area contributed by atoms with Crippen LogP contribution in [-0.4, -0.2) is 9.55 Å². The topological polar surface area (TPSA) is 34.9 Å². The van der Waals surface area contributed by atoms with Crippen molar-refractivity contribution in [2.24, 2.45) is 5.92 Å². The normalized spacial score (nSPS) is 22.9. The highest BCUT2D eigenvalue weighted by Crippen LogP contribution is 2.45. The van der Waals surface area contributed by atoms with Crippen LogP contribution in [0.1, 0.15) is 69.3 Å². The molecule has 0 spiro atoms. The molecule has 1 saturated carbocycles. The Hall–Kier alpha value is -2.13. The SMILES string of the molecule is CC1CCCC(c2ccc3c(c2)C(C)(C)c2nc(=O)c4c(Cl)cccc4n2-3)C1. The Kier molecular flexibility index (Phi) is 3.96. The van der Waals surface area contributed by atoms with E-state index < -0.39 is 0 Å². The summed E-state index contributed by atoms with van der Waals surface area (Å²) in [6.07, 6.45) is 5.19. The summed E-state index contributed by atoms with van der Waals surface area (Å²) in [4.78, 5) is 17.2. The molecule has 2 heterocycles. The van der Waals surface area contributed by atoms with Gasteiger partial charge in [0, 0.05) is 0 Å². The van der Waals surface area contributed by atoms with Crippen molar-refractivity contribution in [2.45, 2.75) is 57.8 Å². The maximum absolute atomic E-state index is 12.7. The van der Waals surface area contributed by atoms with Gasteiger partial charge in [-0.25, -0.2) is 0 Å². The second kappa shape index (κ2) is 6.18. The molecule has 2 atom stereocenters. The summed E-state index contributed by atoms with van der Waals surface area (Å²) in [5, 5.41) is 0.964. The van der Waals surface area contributed by atoms with Crippen LogP contribution < -0.4 is 5.56 Å². The predicted molar refractivity (Wildman–Crippen MR) is 115 cm³/mol. The van der Waals surface area contributed by atoms with Gasteiger partial charge >= 0.3 is 0 Å². The molecule has 5 rings (SSSR count). The van der Waals surface area contributed by atoms with E-state index in [1.807, 2.05) is 12.1 Å². The predicted octanol–water partition coefficient (Wildman–Crippen LogP) is 5.97. The van der Waals surface area contributed by atoms with Gasteiger partial charge in [0.1, 0.15) is 5.82 Å². The number of fused-ring (bicyclic) bond motifs is 5. The number of aromatic nitrogens is 2. The third-order valence-corrected chi connectivity index (χ3v) is 7.08. The van der Waals surface area contributed by atoms with Gasteiger partial charge in [-0.1, -0.05) is 49.6 Å². The molecule has 2 aliphatic rings. The highest BCUT2D eigenvalue weighted by Gasteiger charge is 2.39. The lowest BCUT2D eigenvalue weighted by atomic mass is 9.77. The third kappa shape index (κ3) is 2.49. The molecule has 3 aromatic rings. The molecule has 1 aromatic heterocycles. The molecule has 0 radical (unpaired) electrons. The Morgan fingerprint density at radius 3 is 2.79 bits per heavy atom. The van der Waals surface area contributed by atoms with Crippen molar-refractivity contribution in [3.63, 3.8) is 0 Å². The van der Waals surface area contributed by atoms with Crippen molar-refractivity contribution in [3.8, 4) is 5.69 Å². The fraction of sp³-hybridized carbons (Fsp3) is 0.417. The van der Waals surface area contributed by atoms with E-state index in [1.54, 1.807) is 6.07 Å². The first-order valence-corrected chi connectivity index (χ1v) is 10.6. The van der Waals surface area contributed by atoms with E-state index in [4.69, 9.17) is 11.6 Å². The van der Waals surface area contributed by atoms with Gasteiger partial charge < -0.3 is 0 Å². The molecular weight excluding hydrogens is 368 g/mol. The Morgan fingerprint density at radius 2 is 2.00 bits per heavy atom. The Balaban J connectivity index is 1.74. The summed E-state index contributed by atoms with van der Waals surface area (Å²) in [7, 11) is 0. The molecule has 2 aromatic carbocycles. The molecular formula is C24H25ClN2O. The van der Waals surface area contributed by atoms with Crippen LogP contribution in [0.15, 0.2) is 41.2 Å². The molecule has 2 unspecified atom stereocenters. The quantitative estimate of drug-likeness (QED) is 0.511. The summed E-state index contributed by atoms with van der Waals surface area (Å²) in [6.45, 7) is 6.70. The summed E-state index contributed by atoms with van der Waals surface area (Å²) < 4.78 is 2.13. The first-order valence-electron chi connectivity index (χ1n) is 10.2. The van der Waals surface area contributed by atoms with Gasteiger partial charge in [-0.3, -0.25) is 9.36 Å². The summed E-state index contributed by atoms with van der Waals surface area (Å²) in [5.74, 6) is 2.23. The second-order valence-corrected chi connectivity index (χ2v) is 9.49. The Morgan fingerprint density at radius 1 is 1.18 bits per heavy atom. The monoisotopic (exact) mass is 392 g/mol. The zero-order valence-electron chi connectivity index (χ0n) is 16.6. The van der Waals surface area contributed by atoms with Gasteiger partial charge in [-0.2, -0.15) is 4.98 Å². The fourth-order valence-electron chi connectivity index (χ4n) is 5.25. The number of hydrogen-bond acceptors (Lipinski definition) is 2. The zero-order chi connectivity index (χ0) is 19.6. The molecule has 4 heteroatoms. The molecule has 1 aliphatic heterocycles. The van der Waals surface area contributed by atoms with Crippen molar-refractivity contribution >= 4 is 22.5 Å². The van der Waals surface area contributed by atoms with E-state index in [0.29, 0.717) is 16.3 Å². The second-order valence-electron chi connectivity index (χ2n) is 9.08. The van der Waals surface area contributed by atoms with Crippen LogP contribution in [0, 0.1) is 5.92 Å². The number of halogens is 1. The average molecular weight is 393 g/mol. The van der Waals surface area contributed by atoms with E-state index in [1.165, 1.54) is 36.8 Å². The van der Waals surface area contributed by atoms with Crippen LogP contribution in [0.3, 0.4) is 0 Å². The molecule has 1 fully saturated rings. The van der Waals surface area contributed by atoms with Crippen LogP contribution >= 0.6 is 11.6 Å². The fourth-order valence-corrected chi connectivity index (χ4v) is 5.50. The van der Waals surface area contributed by atoms with E-state index in [2.05, 4.69) is 48.5 Å². The average Bonchev–Trinajstić information content (AvgIpc) is 2.89. The van der Waals surface area contributed by atoms with E-state index in [-0.39, 0.29) is 11.0 Å². The molecule has 0 amide bonds. The van der Waals surface area contributed by atoms with Gasteiger partial charge in [-0.05, 0) is 67.9 Å². The summed E-state index contributed by atoms with van der Waals surface area (Å²) >= 11 is 6.35. The molecule has 0 N–H and O–H groups in total. The van der Waals surface area contributed by atoms with Gasteiger partial charge in [0.25, 0.3) is 5.56 Å². The minimum Gasteiger partial charge on any atom is -0.296 e. The number of rotatable bonds is 1. The van der Waals surface area contributed by atoms with Crippen molar-refractivity contribution in [2.75, 3.05) is 0 Å². The third-order valence-electron chi connectivity index (χ3n) is 6.77. The maximum Gasteiger partial charge on any atom is 0.282 e. The molecule has 3 nitrogen and oxygen atoms in total. The van der Waals surface area contributed by atoms with Crippen LogP contribution in [0.2, 0.25) is 5.02 Å². The molecule has 1 aliphatic carbocycles. The minimum absolute atomic E-state index is 0.242. The van der Waals surface area contributed by atoms with Crippen LogP contribution in [0.4, 0.5) is 0 Å². The molecule has 0 bridgehead atoms. The van der Waals surface area contributed by atoms with Gasteiger partial charge in [-0.15, -0.1) is 0 Å². The van der Waals surface area contributed by atoms with Crippen molar-refractivity contribution in [3.05, 3.63) is 68.7 Å². The Bertz CT molecular complexity index is 1160. The van der Waals surface area contributed by atoms with Crippen molar-refractivity contribution in [1.82, 2.24) is 9.55 Å². The standard InChI is InChI=1S/C24H25ClN2O/c1-14-6-4-7-15(12-14)16-10-11-19-17(13-16)24(2,3)23-26-22(28)21-18(25)8-5-9-20(21)27(19)23/h5,8-11,13-15H,4,6-7,12H2,1-3H3. The van der Waals surface area contributed by atoms with Gasteiger partial charge in [0.2, 0.25) is 0 Å². The highest BCUT2D eigenvalue weighted by atomic mass is 35.5. The van der Waals surface area contributed by atoms with Gasteiger partial charge in [0.05, 0.1) is 27.0 Å². The van der Waals surface area contributed by atoms with Gasteiger partial charge in [0.15, 0.2) is 0 Å². The molecule has 0 saturated heterocycles. The lowest BCUT2D eigenvalue weighted by Crippen LogP contribution is -2.24. The summed E-state index contributed by atoms with van der Waals surface area (Å²) in [5.41, 5.74) is 4.08. The minimum atomic E-state index is -0.318. The van der Waals surface area contributed by atoms with E-state index in [0.717, 1.165) is 22.9 Å². The number of nitrogens with zero attached hydrogens (tertiary/aromatic N) is 2. The molecule has 144 valence electrons. The van der Waals surface area contributed by atoms with Crippen LogP contribution in [0.25, 0.3) is 16.6 Å². The highest BCUT2D eigenvalue weighted by molar-refractivity contribution is 6.35. The Labute approximate surface area is 170 Å². The van der Waals surface area contributed by atoms with E-state index in [9.17, 15) is 4.79 Å². The first-order chi connectivity index (χ1) is 13.4. The lowest BCUT2D eigenvalue weighted by Gasteiger charge is -2.28. The van der Waals surface area contributed by atoms with Crippen LogP contribution in [-0.2, 0) is 5.41 Å². The lowest BCUT2D eigenvalue weighted by molar-refractivity contribution is 0.344. The maximum atomic E-state index is 12.7. The van der Waals surface area contributed by atoms with Crippen molar-refractivity contribution < 1.29 is 0 Å². The smallest absolute Gasteiger partial charge is 0.282 e. The number of benzene rings is 2. The van der Waals surface area contributed by atoms with Crippen LogP contribution in [0.5, 0.6) is 0 Å².